The normalized spacial score (nSPS) is 12.3. The van der Waals surface area contributed by atoms with Crippen molar-refractivity contribution in [3.05, 3.63) is 48.0 Å². The minimum Gasteiger partial charge on any atom is -0.480 e. The van der Waals surface area contributed by atoms with Crippen LogP contribution >= 0.6 is 0 Å². The number of carboxylic acids is 1. The summed E-state index contributed by atoms with van der Waals surface area (Å²) in [6, 6.07) is 7.69. The fourth-order valence-electron chi connectivity index (χ4n) is 1.45. The SMILES string of the molecule is CC/C=C/C[C@H](NC(=O)c1ccccc1)C(=O)O. The Labute approximate surface area is 106 Å². The number of amides is 1. The zero-order valence-corrected chi connectivity index (χ0v) is 10.3. The molecule has 0 unspecified atom stereocenters. The fraction of sp³-hybridized carbons (Fsp3) is 0.286. The molecule has 0 spiro atoms. The third kappa shape index (κ3) is 4.41. The molecular formula is C14H17NO3. The van der Waals surface area contributed by atoms with Crippen LogP contribution in [0.2, 0.25) is 0 Å². The van der Waals surface area contributed by atoms with Crippen LogP contribution in [0.15, 0.2) is 42.5 Å². The summed E-state index contributed by atoms with van der Waals surface area (Å²) in [6.45, 7) is 1.97. The number of carbonyl (C=O) groups is 2. The zero-order valence-electron chi connectivity index (χ0n) is 10.3. The summed E-state index contributed by atoms with van der Waals surface area (Å²) in [6.07, 6.45) is 4.79. The Morgan fingerprint density at radius 3 is 2.50 bits per heavy atom. The Morgan fingerprint density at radius 2 is 1.94 bits per heavy atom. The van der Waals surface area contributed by atoms with E-state index in [9.17, 15) is 9.59 Å². The number of carbonyl (C=O) groups excluding carboxylic acids is 1. The summed E-state index contributed by atoms with van der Waals surface area (Å²) in [7, 11) is 0. The minimum atomic E-state index is -1.03. The summed E-state index contributed by atoms with van der Waals surface area (Å²) >= 11 is 0. The van der Waals surface area contributed by atoms with Crippen LogP contribution in [0, 0.1) is 0 Å². The Bertz CT molecular complexity index is 426. The van der Waals surface area contributed by atoms with Gasteiger partial charge in [-0.25, -0.2) is 4.79 Å². The second-order valence-electron chi connectivity index (χ2n) is 3.85. The van der Waals surface area contributed by atoms with Crippen LogP contribution in [0.5, 0.6) is 0 Å². The number of benzene rings is 1. The standard InChI is InChI=1S/C14H17NO3/c1-2-3-5-10-12(14(17)18)15-13(16)11-8-6-4-7-9-11/h3-9,12H,2,10H2,1H3,(H,15,16)(H,17,18)/b5-3+/t12-/m0/s1. The van der Waals surface area contributed by atoms with Crippen LogP contribution in [-0.4, -0.2) is 23.0 Å². The van der Waals surface area contributed by atoms with Crippen molar-refractivity contribution in [1.29, 1.82) is 0 Å². The van der Waals surface area contributed by atoms with Crippen LogP contribution in [-0.2, 0) is 4.79 Å². The molecule has 1 aromatic rings. The summed E-state index contributed by atoms with van der Waals surface area (Å²) in [5.74, 6) is -1.40. The molecule has 0 radical (unpaired) electrons. The van der Waals surface area contributed by atoms with E-state index in [0.29, 0.717) is 12.0 Å². The molecular weight excluding hydrogens is 230 g/mol. The first kappa shape index (κ1) is 14.0. The first-order chi connectivity index (χ1) is 8.65. The number of aliphatic carboxylic acids is 1. The molecule has 0 bridgehead atoms. The molecule has 18 heavy (non-hydrogen) atoms. The van der Waals surface area contributed by atoms with Gasteiger partial charge in [0.25, 0.3) is 5.91 Å². The van der Waals surface area contributed by atoms with Gasteiger partial charge in [-0.15, -0.1) is 0 Å². The van der Waals surface area contributed by atoms with E-state index >= 15 is 0 Å². The topological polar surface area (TPSA) is 66.4 Å². The van der Waals surface area contributed by atoms with E-state index in [-0.39, 0.29) is 5.91 Å². The first-order valence-electron chi connectivity index (χ1n) is 5.89. The molecule has 1 rings (SSSR count). The Balaban J connectivity index is 2.64. The van der Waals surface area contributed by atoms with Crippen molar-refractivity contribution >= 4 is 11.9 Å². The second kappa shape index (κ2) is 7.27. The largest absolute Gasteiger partial charge is 0.480 e. The third-order valence-electron chi connectivity index (χ3n) is 2.41. The number of nitrogens with one attached hydrogen (secondary N) is 1. The number of hydrogen-bond acceptors (Lipinski definition) is 2. The molecule has 1 aromatic carbocycles. The third-order valence-corrected chi connectivity index (χ3v) is 2.41. The summed E-state index contributed by atoms with van der Waals surface area (Å²) in [4.78, 5) is 22.8. The number of hydrogen-bond donors (Lipinski definition) is 2. The Hall–Kier alpha value is -2.10. The van der Waals surface area contributed by atoms with Crippen molar-refractivity contribution < 1.29 is 14.7 Å². The van der Waals surface area contributed by atoms with Gasteiger partial charge >= 0.3 is 5.97 Å². The second-order valence-corrected chi connectivity index (χ2v) is 3.85. The highest BCUT2D eigenvalue weighted by molar-refractivity contribution is 5.96. The minimum absolute atomic E-state index is 0.293. The molecule has 0 heterocycles. The maximum atomic E-state index is 11.8. The lowest BCUT2D eigenvalue weighted by molar-refractivity contribution is -0.139. The van der Waals surface area contributed by atoms with Crippen LogP contribution in [0.4, 0.5) is 0 Å². The number of rotatable bonds is 6. The van der Waals surface area contributed by atoms with Crippen molar-refractivity contribution in [2.45, 2.75) is 25.8 Å². The monoisotopic (exact) mass is 247 g/mol. The van der Waals surface area contributed by atoms with Gasteiger partial charge in [0.15, 0.2) is 0 Å². The van der Waals surface area contributed by atoms with E-state index in [1.54, 1.807) is 36.4 Å². The van der Waals surface area contributed by atoms with E-state index in [1.807, 2.05) is 13.0 Å². The van der Waals surface area contributed by atoms with E-state index in [2.05, 4.69) is 5.32 Å². The smallest absolute Gasteiger partial charge is 0.326 e. The first-order valence-corrected chi connectivity index (χ1v) is 5.89. The van der Waals surface area contributed by atoms with Crippen molar-refractivity contribution in [3.8, 4) is 0 Å². The molecule has 1 amide bonds. The maximum Gasteiger partial charge on any atom is 0.326 e. The predicted octanol–water partition coefficient (Wildman–Crippen LogP) is 2.23. The molecule has 0 aliphatic rings. The van der Waals surface area contributed by atoms with Crippen LogP contribution < -0.4 is 5.32 Å². The van der Waals surface area contributed by atoms with Crippen LogP contribution in [0.25, 0.3) is 0 Å². The molecule has 0 saturated carbocycles. The summed E-state index contributed by atoms with van der Waals surface area (Å²) in [5.41, 5.74) is 0.461. The molecule has 4 heteroatoms. The Kier molecular flexibility index (Phi) is 5.64. The van der Waals surface area contributed by atoms with Gasteiger partial charge in [-0.1, -0.05) is 37.3 Å². The van der Waals surface area contributed by atoms with Gasteiger partial charge in [-0.3, -0.25) is 4.79 Å². The van der Waals surface area contributed by atoms with E-state index < -0.39 is 12.0 Å². The molecule has 0 aromatic heterocycles. The summed E-state index contributed by atoms with van der Waals surface area (Å²) < 4.78 is 0. The highest BCUT2D eigenvalue weighted by Gasteiger charge is 2.18. The lowest BCUT2D eigenvalue weighted by Crippen LogP contribution is -2.40. The van der Waals surface area contributed by atoms with Crippen molar-refractivity contribution in [2.75, 3.05) is 0 Å². The van der Waals surface area contributed by atoms with E-state index in [4.69, 9.17) is 5.11 Å². The van der Waals surface area contributed by atoms with Gasteiger partial charge in [0.05, 0.1) is 0 Å². The lowest BCUT2D eigenvalue weighted by atomic mass is 10.1. The number of carboxylic acid groups (broad SMARTS) is 1. The quantitative estimate of drug-likeness (QED) is 0.757. The van der Waals surface area contributed by atoms with E-state index in [1.165, 1.54) is 0 Å². The average molecular weight is 247 g/mol. The van der Waals surface area contributed by atoms with Gasteiger partial charge in [0, 0.05) is 5.56 Å². The predicted molar refractivity (Wildman–Crippen MR) is 69.4 cm³/mol. The zero-order chi connectivity index (χ0) is 13.4. The summed E-state index contributed by atoms with van der Waals surface area (Å²) in [5, 5.41) is 11.5. The highest BCUT2D eigenvalue weighted by Crippen LogP contribution is 2.01. The maximum absolute atomic E-state index is 11.8. The van der Waals surface area contributed by atoms with Gasteiger partial charge in [0.2, 0.25) is 0 Å². The molecule has 0 saturated heterocycles. The van der Waals surface area contributed by atoms with Gasteiger partial charge in [0.1, 0.15) is 6.04 Å². The van der Waals surface area contributed by atoms with Gasteiger partial charge < -0.3 is 10.4 Å². The van der Waals surface area contributed by atoms with Crippen LogP contribution in [0.1, 0.15) is 30.1 Å². The molecule has 0 fully saturated rings. The molecule has 2 N–H and O–H groups in total. The average Bonchev–Trinajstić information content (AvgIpc) is 2.38. The number of allylic oxidation sites excluding steroid dienone is 1. The van der Waals surface area contributed by atoms with Crippen LogP contribution in [0.3, 0.4) is 0 Å². The van der Waals surface area contributed by atoms with Crippen molar-refractivity contribution in [1.82, 2.24) is 5.32 Å². The fourth-order valence-corrected chi connectivity index (χ4v) is 1.45. The van der Waals surface area contributed by atoms with Crippen molar-refractivity contribution in [3.63, 3.8) is 0 Å². The lowest BCUT2D eigenvalue weighted by Gasteiger charge is -2.12. The highest BCUT2D eigenvalue weighted by atomic mass is 16.4. The van der Waals surface area contributed by atoms with Gasteiger partial charge in [-0.2, -0.15) is 0 Å². The molecule has 0 aliphatic heterocycles. The molecule has 96 valence electrons. The van der Waals surface area contributed by atoms with E-state index in [0.717, 1.165) is 6.42 Å². The van der Waals surface area contributed by atoms with Gasteiger partial charge in [-0.05, 0) is 25.0 Å². The Morgan fingerprint density at radius 1 is 1.28 bits per heavy atom. The molecule has 0 aliphatic carbocycles. The molecule has 1 atom stereocenters. The molecule has 4 nitrogen and oxygen atoms in total. The van der Waals surface area contributed by atoms with Crippen molar-refractivity contribution in [2.24, 2.45) is 0 Å².